The molecule has 6 heteroatoms. The van der Waals surface area contributed by atoms with Crippen LogP contribution in [0.1, 0.15) is 6.92 Å². The lowest BCUT2D eigenvalue weighted by Gasteiger charge is -2.12. The van der Waals surface area contributed by atoms with E-state index in [1.165, 1.54) is 6.92 Å². The van der Waals surface area contributed by atoms with E-state index in [0.29, 0.717) is 0 Å². The van der Waals surface area contributed by atoms with Gasteiger partial charge in [-0.25, -0.2) is 4.39 Å². The zero-order valence-electron chi connectivity index (χ0n) is 12.4. The van der Waals surface area contributed by atoms with E-state index < -0.39 is 6.17 Å². The fourth-order valence-corrected chi connectivity index (χ4v) is 3.48. The molecule has 1 unspecified atom stereocenters. The number of carbonyl (C=O) groups excluding carboxylic acids is 1. The molecule has 0 radical (unpaired) electrons. The number of hydrogen-bond acceptors (Lipinski definition) is 1. The van der Waals surface area contributed by atoms with Crippen molar-refractivity contribution in [3.05, 3.63) is 45.3 Å². The van der Waals surface area contributed by atoms with Gasteiger partial charge in [0.05, 0.1) is 13.1 Å². The molecule has 0 saturated carbocycles. The Labute approximate surface area is 150 Å². The van der Waals surface area contributed by atoms with Crippen LogP contribution in [0.25, 0.3) is 21.8 Å². The highest BCUT2D eigenvalue weighted by molar-refractivity contribution is 9.10. The van der Waals surface area contributed by atoms with Crippen molar-refractivity contribution in [3.63, 3.8) is 0 Å². The Kier molecular flexibility index (Phi) is 4.73. The predicted molar refractivity (Wildman–Crippen MR) is 98.4 cm³/mol. The molecule has 1 atom stereocenters. The molecule has 0 aliphatic rings. The SMILES string of the molecule is CC(=O)NCC(F)Cn1c2ccc(Br)cc2c2cc(Br)ccc21. The van der Waals surface area contributed by atoms with Crippen LogP contribution in [0.2, 0.25) is 0 Å². The molecule has 1 heterocycles. The maximum Gasteiger partial charge on any atom is 0.216 e. The summed E-state index contributed by atoms with van der Waals surface area (Å²) in [5.41, 5.74) is 1.96. The Bertz CT molecular complexity index is 832. The highest BCUT2D eigenvalue weighted by Gasteiger charge is 2.15. The fourth-order valence-electron chi connectivity index (χ4n) is 2.76. The molecule has 0 saturated heterocycles. The number of amides is 1. The van der Waals surface area contributed by atoms with Gasteiger partial charge in [-0.2, -0.15) is 0 Å². The van der Waals surface area contributed by atoms with Crippen molar-refractivity contribution in [3.8, 4) is 0 Å². The normalized spacial score (nSPS) is 12.7. The molecule has 3 aromatic rings. The topological polar surface area (TPSA) is 34.0 Å². The standard InChI is InChI=1S/C17H15Br2FN2O/c1-10(23)21-8-13(20)9-22-16-4-2-11(18)6-14(16)15-7-12(19)3-5-17(15)22/h2-7,13H,8-9H2,1H3,(H,21,23). The van der Waals surface area contributed by atoms with Crippen LogP contribution in [0.15, 0.2) is 45.3 Å². The van der Waals surface area contributed by atoms with Gasteiger partial charge in [0.25, 0.3) is 0 Å². The second kappa shape index (κ2) is 6.61. The smallest absolute Gasteiger partial charge is 0.216 e. The Balaban J connectivity index is 2.08. The number of rotatable bonds is 4. The minimum atomic E-state index is -1.15. The highest BCUT2D eigenvalue weighted by Crippen LogP contribution is 2.33. The molecular weight excluding hydrogens is 427 g/mol. The lowest BCUT2D eigenvalue weighted by Crippen LogP contribution is -2.30. The molecule has 1 N–H and O–H groups in total. The summed E-state index contributed by atoms with van der Waals surface area (Å²) < 4.78 is 18.2. The summed E-state index contributed by atoms with van der Waals surface area (Å²) in [6, 6.07) is 12.0. The number of halogens is 3. The first-order chi connectivity index (χ1) is 11.0. The van der Waals surface area contributed by atoms with Gasteiger partial charge in [0.15, 0.2) is 0 Å². The lowest BCUT2D eigenvalue weighted by molar-refractivity contribution is -0.119. The molecule has 3 nitrogen and oxygen atoms in total. The molecule has 0 bridgehead atoms. The van der Waals surface area contributed by atoms with E-state index >= 15 is 0 Å². The third-order valence-corrected chi connectivity index (χ3v) is 4.73. The first kappa shape index (κ1) is 16.5. The van der Waals surface area contributed by atoms with Gasteiger partial charge in [-0.3, -0.25) is 4.79 Å². The molecule has 0 aliphatic carbocycles. The summed E-state index contributed by atoms with van der Waals surface area (Å²) in [6.07, 6.45) is -1.15. The van der Waals surface area contributed by atoms with Crippen molar-refractivity contribution in [2.75, 3.05) is 6.54 Å². The minimum Gasteiger partial charge on any atom is -0.353 e. The largest absolute Gasteiger partial charge is 0.353 e. The third-order valence-electron chi connectivity index (χ3n) is 3.74. The zero-order valence-corrected chi connectivity index (χ0v) is 15.6. The summed E-state index contributed by atoms with van der Waals surface area (Å²) in [7, 11) is 0. The second-order valence-corrected chi connectivity index (χ2v) is 7.30. The number of aromatic nitrogens is 1. The monoisotopic (exact) mass is 440 g/mol. The number of carbonyl (C=O) groups is 1. The van der Waals surface area contributed by atoms with Gasteiger partial charge < -0.3 is 9.88 Å². The van der Waals surface area contributed by atoms with E-state index in [4.69, 9.17) is 0 Å². The molecule has 120 valence electrons. The number of alkyl halides is 1. The van der Waals surface area contributed by atoms with Crippen molar-refractivity contribution in [2.24, 2.45) is 0 Å². The Morgan fingerprint density at radius 3 is 2.13 bits per heavy atom. The Hall–Kier alpha value is -1.40. The van der Waals surface area contributed by atoms with Crippen LogP contribution in [0, 0.1) is 0 Å². The van der Waals surface area contributed by atoms with Crippen LogP contribution in [-0.4, -0.2) is 23.2 Å². The fraction of sp³-hybridized carbons (Fsp3) is 0.235. The van der Waals surface area contributed by atoms with Crippen LogP contribution in [0.4, 0.5) is 4.39 Å². The first-order valence-corrected chi connectivity index (χ1v) is 8.80. The predicted octanol–water partition coefficient (Wildman–Crippen LogP) is 4.79. The molecule has 0 aliphatic heterocycles. The molecule has 23 heavy (non-hydrogen) atoms. The summed E-state index contributed by atoms with van der Waals surface area (Å²) >= 11 is 6.99. The van der Waals surface area contributed by atoms with Gasteiger partial charge in [0.2, 0.25) is 5.91 Å². The van der Waals surface area contributed by atoms with Crippen LogP contribution >= 0.6 is 31.9 Å². The van der Waals surface area contributed by atoms with Crippen LogP contribution in [0.5, 0.6) is 0 Å². The Morgan fingerprint density at radius 2 is 1.65 bits per heavy atom. The first-order valence-electron chi connectivity index (χ1n) is 7.21. The number of hydrogen-bond donors (Lipinski definition) is 1. The Morgan fingerprint density at radius 1 is 1.13 bits per heavy atom. The summed E-state index contributed by atoms with van der Waals surface area (Å²) in [6.45, 7) is 1.61. The second-order valence-electron chi connectivity index (χ2n) is 5.47. The summed E-state index contributed by atoms with van der Waals surface area (Å²) in [5.74, 6) is -0.220. The molecule has 1 amide bonds. The average Bonchev–Trinajstić information content (AvgIpc) is 2.78. The maximum absolute atomic E-state index is 14.3. The van der Waals surface area contributed by atoms with E-state index in [1.807, 2.05) is 41.0 Å². The number of fused-ring (bicyclic) bond motifs is 3. The van der Waals surface area contributed by atoms with E-state index in [0.717, 1.165) is 30.8 Å². The number of benzene rings is 2. The van der Waals surface area contributed by atoms with Crippen LogP contribution in [-0.2, 0) is 11.3 Å². The molecule has 0 spiro atoms. The van der Waals surface area contributed by atoms with E-state index in [1.54, 1.807) is 0 Å². The van der Waals surface area contributed by atoms with Crippen molar-refractivity contribution < 1.29 is 9.18 Å². The van der Waals surface area contributed by atoms with Crippen LogP contribution in [0.3, 0.4) is 0 Å². The van der Waals surface area contributed by atoms with Gasteiger partial charge in [-0.1, -0.05) is 31.9 Å². The number of nitrogens with one attached hydrogen (secondary N) is 1. The van der Waals surface area contributed by atoms with E-state index in [9.17, 15) is 9.18 Å². The van der Waals surface area contributed by atoms with Crippen molar-refractivity contribution in [1.29, 1.82) is 0 Å². The summed E-state index contributed by atoms with van der Waals surface area (Å²) in [4.78, 5) is 11.0. The van der Waals surface area contributed by atoms with Gasteiger partial charge in [0.1, 0.15) is 6.17 Å². The molecule has 2 aromatic carbocycles. The highest BCUT2D eigenvalue weighted by atomic mass is 79.9. The third kappa shape index (κ3) is 3.43. The molecule has 1 aromatic heterocycles. The van der Waals surface area contributed by atoms with Gasteiger partial charge in [-0.05, 0) is 36.4 Å². The van der Waals surface area contributed by atoms with E-state index in [-0.39, 0.29) is 19.0 Å². The molecule has 3 rings (SSSR count). The lowest BCUT2D eigenvalue weighted by atomic mass is 10.2. The van der Waals surface area contributed by atoms with Crippen LogP contribution < -0.4 is 5.32 Å². The van der Waals surface area contributed by atoms with Crippen molar-refractivity contribution in [1.82, 2.24) is 9.88 Å². The van der Waals surface area contributed by atoms with Crippen molar-refractivity contribution >= 4 is 59.6 Å². The van der Waals surface area contributed by atoms with Gasteiger partial charge >= 0.3 is 0 Å². The van der Waals surface area contributed by atoms with E-state index in [2.05, 4.69) is 37.2 Å². The average molecular weight is 442 g/mol. The zero-order chi connectivity index (χ0) is 16.6. The quantitative estimate of drug-likeness (QED) is 0.620. The number of nitrogens with zero attached hydrogens (tertiary/aromatic N) is 1. The van der Waals surface area contributed by atoms with Crippen molar-refractivity contribution in [2.45, 2.75) is 19.6 Å². The molecule has 0 fully saturated rings. The molecular formula is C17H15Br2FN2O. The van der Waals surface area contributed by atoms with Gasteiger partial charge in [0, 0.05) is 37.7 Å². The maximum atomic E-state index is 14.3. The van der Waals surface area contributed by atoms with Gasteiger partial charge in [-0.15, -0.1) is 0 Å². The minimum absolute atomic E-state index is 0.0174. The summed E-state index contributed by atoms with van der Waals surface area (Å²) in [5, 5.41) is 4.67.